The molecule has 26 heavy (non-hydrogen) atoms. The fourth-order valence-corrected chi connectivity index (χ4v) is 2.87. The van der Waals surface area contributed by atoms with Crippen molar-refractivity contribution in [3.8, 4) is 28.6 Å². The molecule has 0 fully saturated rings. The summed E-state index contributed by atoms with van der Waals surface area (Å²) >= 11 is 0. The molecule has 0 bridgehead atoms. The van der Waals surface area contributed by atoms with Gasteiger partial charge in [0.25, 0.3) is 5.56 Å². The molecule has 0 spiro atoms. The second-order valence-electron chi connectivity index (χ2n) is 5.71. The van der Waals surface area contributed by atoms with Crippen LogP contribution in [-0.4, -0.2) is 34.0 Å². The van der Waals surface area contributed by atoms with Crippen LogP contribution in [-0.2, 0) is 0 Å². The van der Waals surface area contributed by atoms with E-state index in [9.17, 15) is 4.79 Å². The molecule has 0 aliphatic rings. The van der Waals surface area contributed by atoms with Gasteiger partial charge in [-0.05, 0) is 12.1 Å². The molecule has 2 heterocycles. The van der Waals surface area contributed by atoms with Gasteiger partial charge in [0.05, 0.1) is 30.9 Å². The Morgan fingerprint density at radius 3 is 2.42 bits per heavy atom. The topological polar surface area (TPSA) is 111 Å². The molecule has 0 saturated heterocycles. The van der Waals surface area contributed by atoms with E-state index in [0.717, 1.165) is 11.0 Å². The van der Waals surface area contributed by atoms with Crippen molar-refractivity contribution in [2.45, 2.75) is 0 Å². The number of imidazole rings is 1. The Hall–Kier alpha value is -3.68. The van der Waals surface area contributed by atoms with Gasteiger partial charge in [-0.2, -0.15) is 0 Å². The number of benzene rings is 2. The molecule has 132 valence electrons. The average molecular weight is 351 g/mol. The highest BCUT2D eigenvalue weighted by Gasteiger charge is 2.19. The van der Waals surface area contributed by atoms with Gasteiger partial charge in [0, 0.05) is 18.2 Å². The summed E-state index contributed by atoms with van der Waals surface area (Å²) < 4.78 is 12.0. The number of para-hydroxylation sites is 2. The van der Waals surface area contributed by atoms with E-state index in [4.69, 9.17) is 15.2 Å². The van der Waals surface area contributed by atoms with Gasteiger partial charge in [-0.1, -0.05) is 12.1 Å². The lowest BCUT2D eigenvalue weighted by atomic mass is 10.2. The quantitative estimate of drug-likeness (QED) is 0.522. The minimum Gasteiger partial charge on any atom is -0.497 e. The van der Waals surface area contributed by atoms with Crippen LogP contribution in [0.25, 0.3) is 28.1 Å². The lowest BCUT2D eigenvalue weighted by Crippen LogP contribution is -2.06. The number of nitrogen functional groups attached to an aromatic ring is 1. The number of fused-ring (bicyclic) bond motifs is 1. The van der Waals surface area contributed by atoms with Crippen LogP contribution >= 0.6 is 0 Å². The Labute approximate surface area is 148 Å². The Morgan fingerprint density at radius 1 is 1.08 bits per heavy atom. The first-order valence-corrected chi connectivity index (χ1v) is 7.89. The van der Waals surface area contributed by atoms with Crippen molar-refractivity contribution in [2.75, 3.05) is 20.0 Å². The van der Waals surface area contributed by atoms with Crippen molar-refractivity contribution < 1.29 is 9.47 Å². The number of methoxy groups -OCH3 is 2. The average Bonchev–Trinajstić information content (AvgIpc) is 3.21. The molecule has 0 saturated carbocycles. The number of nitrogens with one attached hydrogen (secondary N) is 2. The number of H-pyrrole nitrogens is 2. The molecule has 0 aliphatic heterocycles. The Kier molecular flexibility index (Phi) is 3.65. The van der Waals surface area contributed by atoms with Crippen molar-refractivity contribution in [1.82, 2.24) is 19.7 Å². The van der Waals surface area contributed by atoms with E-state index in [-0.39, 0.29) is 16.9 Å². The first kappa shape index (κ1) is 15.8. The molecule has 2 aromatic carbocycles. The molecule has 0 unspecified atom stereocenters. The van der Waals surface area contributed by atoms with Gasteiger partial charge in [0.1, 0.15) is 28.7 Å². The number of hydrogen-bond acceptors (Lipinski definition) is 5. The first-order chi connectivity index (χ1) is 12.6. The fourth-order valence-electron chi connectivity index (χ4n) is 2.87. The van der Waals surface area contributed by atoms with Crippen LogP contribution in [0.3, 0.4) is 0 Å². The van der Waals surface area contributed by atoms with Gasteiger partial charge in [0.15, 0.2) is 0 Å². The van der Waals surface area contributed by atoms with Crippen LogP contribution < -0.4 is 20.8 Å². The van der Waals surface area contributed by atoms with Crippen LogP contribution in [0.2, 0.25) is 0 Å². The predicted molar refractivity (Wildman–Crippen MR) is 99.0 cm³/mol. The molecular weight excluding hydrogens is 334 g/mol. The molecule has 0 radical (unpaired) electrons. The third kappa shape index (κ3) is 2.48. The molecule has 4 rings (SSSR count). The van der Waals surface area contributed by atoms with Crippen LogP contribution in [0.4, 0.5) is 5.82 Å². The zero-order valence-corrected chi connectivity index (χ0v) is 14.2. The van der Waals surface area contributed by atoms with Gasteiger partial charge in [-0.15, -0.1) is 0 Å². The largest absolute Gasteiger partial charge is 0.497 e. The highest BCUT2D eigenvalue weighted by Crippen LogP contribution is 2.29. The lowest BCUT2D eigenvalue weighted by molar-refractivity contribution is 0.394. The molecule has 8 nitrogen and oxygen atoms in total. The van der Waals surface area contributed by atoms with E-state index in [1.54, 1.807) is 32.4 Å². The summed E-state index contributed by atoms with van der Waals surface area (Å²) in [6.07, 6.45) is 0. The Morgan fingerprint density at radius 2 is 1.77 bits per heavy atom. The third-order valence-corrected chi connectivity index (χ3v) is 4.16. The number of nitrogens with two attached hydrogens (primary N) is 1. The molecule has 0 atom stereocenters. The summed E-state index contributed by atoms with van der Waals surface area (Å²) in [5.74, 6) is 1.82. The van der Waals surface area contributed by atoms with Crippen molar-refractivity contribution in [3.63, 3.8) is 0 Å². The highest BCUT2D eigenvalue weighted by atomic mass is 16.5. The molecule has 8 heteroatoms. The van der Waals surface area contributed by atoms with Gasteiger partial charge in [-0.3, -0.25) is 9.89 Å². The van der Waals surface area contributed by atoms with Crippen molar-refractivity contribution >= 4 is 16.9 Å². The maximum atomic E-state index is 12.5. The highest BCUT2D eigenvalue weighted by molar-refractivity contribution is 5.81. The zero-order chi connectivity index (χ0) is 18.3. The lowest BCUT2D eigenvalue weighted by Gasteiger charge is -2.10. The van der Waals surface area contributed by atoms with Crippen molar-refractivity contribution in [2.24, 2.45) is 0 Å². The maximum Gasteiger partial charge on any atom is 0.277 e. The van der Waals surface area contributed by atoms with Gasteiger partial charge < -0.3 is 20.2 Å². The number of nitrogens with zero attached hydrogens (tertiary/aromatic N) is 2. The number of rotatable bonds is 4. The van der Waals surface area contributed by atoms with E-state index in [2.05, 4.69) is 15.1 Å². The number of hydrogen-bond donors (Lipinski definition) is 3. The van der Waals surface area contributed by atoms with Gasteiger partial charge in [0.2, 0.25) is 0 Å². The molecular formula is C18H17N5O3. The van der Waals surface area contributed by atoms with Gasteiger partial charge >= 0.3 is 0 Å². The smallest absolute Gasteiger partial charge is 0.277 e. The molecule has 2 aromatic heterocycles. The van der Waals surface area contributed by atoms with E-state index >= 15 is 0 Å². The molecule has 4 aromatic rings. The minimum atomic E-state index is -0.344. The van der Waals surface area contributed by atoms with Crippen molar-refractivity contribution in [1.29, 1.82) is 0 Å². The molecule has 4 N–H and O–H groups in total. The summed E-state index contributed by atoms with van der Waals surface area (Å²) in [6.45, 7) is 0. The SMILES string of the molecule is COc1cc(OC)cc(-n2[nH]c(=O)c(-c3nc4ccccc4[nH]3)c2N)c1. The second kappa shape index (κ2) is 5.99. The van der Waals surface area contributed by atoms with Crippen LogP contribution in [0, 0.1) is 0 Å². The third-order valence-electron chi connectivity index (χ3n) is 4.16. The summed E-state index contributed by atoms with van der Waals surface area (Å²) in [6, 6.07) is 12.8. The van der Waals surface area contributed by atoms with E-state index in [1.165, 1.54) is 4.68 Å². The molecule has 0 amide bonds. The summed E-state index contributed by atoms with van der Waals surface area (Å²) in [5.41, 5.74) is 8.40. The minimum absolute atomic E-state index is 0.240. The van der Waals surface area contributed by atoms with Gasteiger partial charge in [-0.25, -0.2) is 9.67 Å². The first-order valence-electron chi connectivity index (χ1n) is 7.89. The summed E-state index contributed by atoms with van der Waals surface area (Å²) in [4.78, 5) is 20.1. The normalized spacial score (nSPS) is 11.0. The number of aromatic nitrogens is 4. The maximum absolute atomic E-state index is 12.5. The van der Waals surface area contributed by atoms with Crippen LogP contribution in [0.5, 0.6) is 11.5 Å². The van der Waals surface area contributed by atoms with Crippen molar-refractivity contribution in [3.05, 3.63) is 52.8 Å². The zero-order valence-electron chi connectivity index (χ0n) is 14.2. The number of aromatic amines is 2. The monoisotopic (exact) mass is 351 g/mol. The van der Waals surface area contributed by atoms with E-state index < -0.39 is 0 Å². The summed E-state index contributed by atoms with van der Waals surface area (Å²) in [5, 5.41) is 2.74. The molecule has 0 aliphatic carbocycles. The number of anilines is 1. The summed E-state index contributed by atoms with van der Waals surface area (Å²) in [7, 11) is 3.11. The Balaban J connectivity index is 1.89. The van der Waals surface area contributed by atoms with E-state index in [1.807, 2.05) is 24.3 Å². The van der Waals surface area contributed by atoms with E-state index in [0.29, 0.717) is 23.0 Å². The second-order valence-corrected chi connectivity index (χ2v) is 5.71. The van der Waals surface area contributed by atoms with Crippen LogP contribution in [0.1, 0.15) is 0 Å². The predicted octanol–water partition coefficient (Wildman–Crippen LogP) is 2.31. The number of ether oxygens (including phenoxy) is 2. The van der Waals surface area contributed by atoms with Crippen LogP contribution in [0.15, 0.2) is 47.3 Å². The Bertz CT molecular complexity index is 1100. The standard InChI is InChI=1S/C18H17N5O3/c1-25-11-7-10(8-12(9-11)26-2)23-16(19)15(18(24)22-23)17-20-13-5-3-4-6-14(13)21-17/h3-9H,19H2,1-2H3,(H,20,21)(H,22,24). The fraction of sp³-hybridized carbons (Fsp3) is 0.111.